The van der Waals surface area contributed by atoms with Crippen LogP contribution in [-0.2, 0) is 4.67 Å². The quantitative estimate of drug-likeness (QED) is 0.455. The number of hydrogen-bond donors (Lipinski definition) is 1. The summed E-state index contributed by atoms with van der Waals surface area (Å²) in [6.07, 6.45) is 3.43. The summed E-state index contributed by atoms with van der Waals surface area (Å²) in [5.74, 6) is 0. The molecule has 0 fully saturated rings. The number of hydrogen-bond acceptors (Lipinski definition) is 5. The van der Waals surface area contributed by atoms with Crippen LogP contribution in [0.2, 0.25) is 0 Å². The minimum absolute atomic E-state index is 0.170. The first-order valence-electron chi connectivity index (χ1n) is 6.28. The second-order valence-electron chi connectivity index (χ2n) is 4.25. The van der Waals surface area contributed by atoms with Gasteiger partial charge in [-0.05, 0) is 36.4 Å². The van der Waals surface area contributed by atoms with Gasteiger partial charge in [-0.2, -0.15) is 0 Å². The Bertz CT molecular complexity index is 666. The molecule has 3 aromatic rings. The Morgan fingerprint density at radius 2 is 1.38 bits per heavy atom. The maximum atomic E-state index is 8.70. The van der Waals surface area contributed by atoms with Gasteiger partial charge in [-0.15, -0.1) is 0 Å². The van der Waals surface area contributed by atoms with Gasteiger partial charge in [-0.25, -0.2) is 14.9 Å². The van der Waals surface area contributed by atoms with Gasteiger partial charge in [0.1, 0.15) is 0 Å². The second-order valence-corrected chi connectivity index (χ2v) is 5.21. The highest BCUT2D eigenvalue weighted by atomic mass is 31.1. The summed E-state index contributed by atoms with van der Waals surface area (Å²) >= 11 is 0. The molecule has 0 aliphatic heterocycles. The van der Waals surface area contributed by atoms with Crippen molar-refractivity contribution < 1.29 is 9.93 Å². The van der Waals surface area contributed by atoms with E-state index in [2.05, 4.69) is 19.6 Å². The summed E-state index contributed by atoms with van der Waals surface area (Å²) in [6, 6.07) is 15.0. The number of rotatable bonds is 4. The monoisotopic (exact) mass is 297 g/mol. The number of nitrogens with zero attached hydrogens (tertiary/aromatic N) is 3. The predicted octanol–water partition coefficient (Wildman–Crippen LogP) is 2.91. The van der Waals surface area contributed by atoms with Crippen LogP contribution in [0.1, 0.15) is 0 Å². The van der Waals surface area contributed by atoms with E-state index in [9.17, 15) is 0 Å². The third-order valence-corrected chi connectivity index (χ3v) is 3.46. The molecule has 3 aromatic heterocycles. The first kappa shape index (κ1) is 13.8. The highest BCUT2D eigenvalue weighted by Gasteiger charge is 2.09. The van der Waals surface area contributed by atoms with Gasteiger partial charge in [-0.1, -0.05) is 12.1 Å². The van der Waals surface area contributed by atoms with Crippen molar-refractivity contribution in [2.24, 2.45) is 0 Å². The molecule has 0 bridgehead atoms. The van der Waals surface area contributed by atoms with E-state index in [-0.39, 0.29) is 8.81 Å². The maximum absolute atomic E-state index is 8.70. The first-order valence-corrected chi connectivity index (χ1v) is 7.19. The Labute approximate surface area is 123 Å². The van der Waals surface area contributed by atoms with E-state index in [1.54, 1.807) is 12.4 Å². The topological polar surface area (TPSA) is 68.1 Å². The van der Waals surface area contributed by atoms with Gasteiger partial charge in [0.05, 0.1) is 31.6 Å². The van der Waals surface area contributed by atoms with Crippen molar-refractivity contribution in [2.75, 3.05) is 0 Å². The summed E-state index contributed by atoms with van der Waals surface area (Å²) in [7, 11) is -0.170. The van der Waals surface area contributed by atoms with Gasteiger partial charge in [0.25, 0.3) is 0 Å². The van der Waals surface area contributed by atoms with Gasteiger partial charge < -0.3 is 0 Å². The molecule has 0 radical (unpaired) electrons. The van der Waals surface area contributed by atoms with E-state index in [0.29, 0.717) is 0 Å². The van der Waals surface area contributed by atoms with Crippen molar-refractivity contribution in [3.63, 3.8) is 0 Å². The molecule has 0 aliphatic carbocycles. The fourth-order valence-electron chi connectivity index (χ4n) is 1.93. The SMILES string of the molecule is OOPc1cc(-c2ccccn2)nc(-c2ccccn2)c1. The molecule has 1 unspecified atom stereocenters. The number of pyridine rings is 3. The van der Waals surface area contributed by atoms with Crippen LogP contribution in [0.25, 0.3) is 22.8 Å². The highest BCUT2D eigenvalue weighted by Crippen LogP contribution is 2.22. The van der Waals surface area contributed by atoms with Gasteiger partial charge in [0, 0.05) is 17.7 Å². The van der Waals surface area contributed by atoms with Crippen molar-refractivity contribution in [1.82, 2.24) is 15.0 Å². The van der Waals surface area contributed by atoms with Crippen LogP contribution in [0.5, 0.6) is 0 Å². The average molecular weight is 297 g/mol. The van der Waals surface area contributed by atoms with E-state index in [1.165, 1.54) is 0 Å². The largest absolute Gasteiger partial charge is 0.255 e. The van der Waals surface area contributed by atoms with Crippen LogP contribution < -0.4 is 5.30 Å². The Hall–Kier alpha value is -2.20. The third kappa shape index (κ3) is 3.28. The first-order chi connectivity index (χ1) is 10.4. The lowest BCUT2D eigenvalue weighted by Crippen LogP contribution is -2.02. The zero-order chi connectivity index (χ0) is 14.5. The molecule has 1 atom stereocenters. The molecule has 3 heterocycles. The minimum atomic E-state index is -0.170. The Balaban J connectivity index is 2.11. The molecule has 0 amide bonds. The lowest BCUT2D eigenvalue weighted by molar-refractivity contribution is -0.121. The molecule has 0 saturated heterocycles. The molecular formula is C15H12N3O2P. The van der Waals surface area contributed by atoms with Crippen molar-refractivity contribution in [2.45, 2.75) is 0 Å². The van der Waals surface area contributed by atoms with Crippen molar-refractivity contribution in [3.8, 4) is 22.8 Å². The number of aromatic nitrogens is 3. The smallest absolute Gasteiger partial charge is 0.0901 e. The van der Waals surface area contributed by atoms with Crippen molar-refractivity contribution >= 4 is 14.1 Å². The van der Waals surface area contributed by atoms with Crippen LogP contribution in [0.15, 0.2) is 60.9 Å². The third-order valence-electron chi connectivity index (χ3n) is 2.84. The normalized spacial score (nSPS) is 11.1. The molecular weight excluding hydrogens is 285 g/mol. The predicted molar refractivity (Wildman–Crippen MR) is 82.4 cm³/mol. The molecule has 3 rings (SSSR count). The maximum Gasteiger partial charge on any atom is 0.0901 e. The summed E-state index contributed by atoms with van der Waals surface area (Å²) in [4.78, 5) is 13.2. The summed E-state index contributed by atoms with van der Waals surface area (Å²) in [5, 5.41) is 9.53. The Kier molecular flexibility index (Phi) is 4.26. The summed E-state index contributed by atoms with van der Waals surface area (Å²) in [5.41, 5.74) is 2.97. The second kappa shape index (κ2) is 6.50. The molecule has 1 N–H and O–H groups in total. The molecule has 21 heavy (non-hydrogen) atoms. The van der Waals surface area contributed by atoms with E-state index < -0.39 is 0 Å². The van der Waals surface area contributed by atoms with Gasteiger partial charge in [0.2, 0.25) is 0 Å². The van der Waals surface area contributed by atoms with E-state index in [0.717, 1.165) is 28.1 Å². The van der Waals surface area contributed by atoms with E-state index in [4.69, 9.17) is 5.26 Å². The molecule has 0 aliphatic rings. The van der Waals surface area contributed by atoms with Crippen LogP contribution >= 0.6 is 8.81 Å². The summed E-state index contributed by atoms with van der Waals surface area (Å²) in [6.45, 7) is 0. The molecule has 0 saturated carbocycles. The minimum Gasteiger partial charge on any atom is -0.255 e. The molecule has 0 spiro atoms. The van der Waals surface area contributed by atoms with E-state index in [1.807, 2.05) is 48.5 Å². The summed E-state index contributed by atoms with van der Waals surface area (Å²) < 4.78 is 4.27. The molecule has 5 nitrogen and oxygen atoms in total. The van der Waals surface area contributed by atoms with Gasteiger partial charge >= 0.3 is 0 Å². The highest BCUT2D eigenvalue weighted by molar-refractivity contribution is 7.41. The standard InChI is InChI=1S/C15H12N3O2P/c19-20-21-11-9-14(12-5-1-3-7-16-12)18-15(10-11)13-6-2-4-8-17-13/h1-10,19,21H. The van der Waals surface area contributed by atoms with E-state index >= 15 is 0 Å². The molecule has 0 aromatic carbocycles. The molecule has 6 heteroatoms. The van der Waals surface area contributed by atoms with Gasteiger partial charge in [0.15, 0.2) is 0 Å². The fourth-order valence-corrected chi connectivity index (χ4v) is 2.43. The van der Waals surface area contributed by atoms with Crippen LogP contribution in [-0.4, -0.2) is 20.2 Å². The lowest BCUT2D eigenvalue weighted by atomic mass is 10.2. The lowest BCUT2D eigenvalue weighted by Gasteiger charge is -2.07. The van der Waals surface area contributed by atoms with Gasteiger partial charge in [-0.3, -0.25) is 9.97 Å². The average Bonchev–Trinajstić information content (AvgIpc) is 2.56. The zero-order valence-corrected chi connectivity index (χ0v) is 12.0. The fraction of sp³-hybridized carbons (Fsp3) is 0. The van der Waals surface area contributed by atoms with Crippen LogP contribution in [0.4, 0.5) is 0 Å². The molecule has 104 valence electrons. The van der Waals surface area contributed by atoms with Crippen LogP contribution in [0.3, 0.4) is 0 Å². The zero-order valence-electron chi connectivity index (χ0n) is 11.0. The van der Waals surface area contributed by atoms with Crippen molar-refractivity contribution in [3.05, 3.63) is 60.9 Å². The van der Waals surface area contributed by atoms with Crippen molar-refractivity contribution in [1.29, 1.82) is 0 Å². The Morgan fingerprint density at radius 3 is 1.81 bits per heavy atom. The van der Waals surface area contributed by atoms with Crippen LogP contribution in [0, 0.1) is 0 Å². The Morgan fingerprint density at radius 1 is 0.810 bits per heavy atom.